The van der Waals surface area contributed by atoms with Gasteiger partial charge in [-0.15, -0.1) is 0 Å². The predicted octanol–water partition coefficient (Wildman–Crippen LogP) is 1.21. The van der Waals surface area contributed by atoms with E-state index in [2.05, 4.69) is 37.6 Å². The van der Waals surface area contributed by atoms with Gasteiger partial charge in [-0.1, -0.05) is 5.16 Å². The molecule has 108 valence electrons. The Kier molecular flexibility index (Phi) is 4.13. The Balaban J connectivity index is 1.49. The van der Waals surface area contributed by atoms with E-state index in [1.165, 1.54) is 0 Å². The first-order valence-corrected chi connectivity index (χ1v) is 7.19. The monoisotopic (exact) mass is 275 g/mol. The van der Waals surface area contributed by atoms with Crippen LogP contribution in [0.2, 0.25) is 0 Å². The molecular formula is C14H21N5O. The molecule has 0 saturated carbocycles. The summed E-state index contributed by atoms with van der Waals surface area (Å²) in [5.74, 6) is 1.16. The fraction of sp³-hybridized carbons (Fsp3) is 0.571. The van der Waals surface area contributed by atoms with Crippen molar-refractivity contribution < 1.29 is 4.52 Å². The van der Waals surface area contributed by atoms with E-state index in [1.54, 1.807) is 6.26 Å². The van der Waals surface area contributed by atoms with Crippen molar-refractivity contribution in [1.82, 2.24) is 24.5 Å². The first-order chi connectivity index (χ1) is 9.85. The molecule has 1 fully saturated rings. The van der Waals surface area contributed by atoms with Gasteiger partial charge in [0.15, 0.2) is 0 Å². The summed E-state index contributed by atoms with van der Waals surface area (Å²) in [5, 5.41) is 3.97. The molecular weight excluding hydrogens is 254 g/mol. The molecule has 0 amide bonds. The Morgan fingerprint density at radius 2 is 1.90 bits per heavy atom. The van der Waals surface area contributed by atoms with Crippen molar-refractivity contribution in [3.05, 3.63) is 36.2 Å². The fourth-order valence-electron chi connectivity index (χ4n) is 2.63. The first kappa shape index (κ1) is 13.3. The van der Waals surface area contributed by atoms with Gasteiger partial charge in [0.1, 0.15) is 12.1 Å². The SMILES string of the molecule is CCn1ccnc1CN1CCN(Cc2ccon2)CC1. The molecule has 0 unspecified atom stereocenters. The van der Waals surface area contributed by atoms with Crippen molar-refractivity contribution in [1.29, 1.82) is 0 Å². The van der Waals surface area contributed by atoms with Gasteiger partial charge in [0.2, 0.25) is 0 Å². The summed E-state index contributed by atoms with van der Waals surface area (Å²) in [6.07, 6.45) is 5.58. The quantitative estimate of drug-likeness (QED) is 0.821. The Bertz CT molecular complexity index is 513. The van der Waals surface area contributed by atoms with Gasteiger partial charge in [-0.05, 0) is 6.92 Å². The van der Waals surface area contributed by atoms with Crippen molar-refractivity contribution in [2.75, 3.05) is 26.2 Å². The topological polar surface area (TPSA) is 50.3 Å². The van der Waals surface area contributed by atoms with Crippen LogP contribution in [0.3, 0.4) is 0 Å². The van der Waals surface area contributed by atoms with Crippen molar-refractivity contribution in [2.24, 2.45) is 0 Å². The van der Waals surface area contributed by atoms with Gasteiger partial charge < -0.3 is 9.09 Å². The molecule has 0 spiro atoms. The average molecular weight is 275 g/mol. The molecule has 0 radical (unpaired) electrons. The summed E-state index contributed by atoms with van der Waals surface area (Å²) in [4.78, 5) is 9.33. The van der Waals surface area contributed by atoms with Crippen LogP contribution in [0.25, 0.3) is 0 Å². The molecule has 3 rings (SSSR count). The summed E-state index contributed by atoms with van der Waals surface area (Å²) in [5.41, 5.74) is 1.01. The lowest BCUT2D eigenvalue weighted by Gasteiger charge is -2.34. The van der Waals surface area contributed by atoms with Crippen LogP contribution in [0.1, 0.15) is 18.4 Å². The second kappa shape index (κ2) is 6.19. The molecule has 1 aliphatic rings. The number of imidazole rings is 1. The number of aryl methyl sites for hydroxylation is 1. The molecule has 0 aliphatic carbocycles. The van der Waals surface area contributed by atoms with Crippen molar-refractivity contribution >= 4 is 0 Å². The molecule has 0 aromatic carbocycles. The third kappa shape index (κ3) is 3.08. The molecule has 3 heterocycles. The summed E-state index contributed by atoms with van der Waals surface area (Å²) in [6.45, 7) is 9.26. The zero-order valence-corrected chi connectivity index (χ0v) is 11.9. The highest BCUT2D eigenvalue weighted by molar-refractivity contribution is 4.96. The zero-order valence-electron chi connectivity index (χ0n) is 11.9. The standard InChI is InChI=1S/C14H21N5O/c1-2-19-5-4-15-14(19)12-18-8-6-17(7-9-18)11-13-3-10-20-16-13/h3-5,10H,2,6-9,11-12H2,1H3. The minimum absolute atomic E-state index is 0.883. The number of hydrogen-bond acceptors (Lipinski definition) is 5. The molecule has 2 aromatic rings. The van der Waals surface area contributed by atoms with Gasteiger partial charge in [-0.3, -0.25) is 9.80 Å². The lowest BCUT2D eigenvalue weighted by atomic mass is 10.3. The molecule has 0 atom stereocenters. The van der Waals surface area contributed by atoms with E-state index in [0.29, 0.717) is 0 Å². The van der Waals surface area contributed by atoms with E-state index in [0.717, 1.165) is 57.3 Å². The van der Waals surface area contributed by atoms with E-state index in [4.69, 9.17) is 4.52 Å². The van der Waals surface area contributed by atoms with Crippen LogP contribution in [0.4, 0.5) is 0 Å². The average Bonchev–Trinajstić information content (AvgIpc) is 3.12. The fourth-order valence-corrected chi connectivity index (χ4v) is 2.63. The van der Waals surface area contributed by atoms with Gasteiger partial charge in [0.05, 0.1) is 12.2 Å². The molecule has 20 heavy (non-hydrogen) atoms. The summed E-state index contributed by atoms with van der Waals surface area (Å²) in [7, 11) is 0. The molecule has 1 aliphatic heterocycles. The van der Waals surface area contributed by atoms with Gasteiger partial charge in [-0.2, -0.15) is 0 Å². The van der Waals surface area contributed by atoms with Crippen LogP contribution in [0, 0.1) is 0 Å². The second-order valence-corrected chi connectivity index (χ2v) is 5.17. The minimum atomic E-state index is 0.883. The Hall–Kier alpha value is -1.66. The Morgan fingerprint density at radius 1 is 1.15 bits per heavy atom. The van der Waals surface area contributed by atoms with E-state index in [1.807, 2.05) is 12.3 Å². The lowest BCUT2D eigenvalue weighted by molar-refractivity contribution is 0.117. The molecule has 6 nitrogen and oxygen atoms in total. The van der Waals surface area contributed by atoms with Crippen molar-refractivity contribution in [3.8, 4) is 0 Å². The molecule has 0 bridgehead atoms. The Labute approximate surface area is 119 Å². The van der Waals surface area contributed by atoms with Crippen LogP contribution >= 0.6 is 0 Å². The van der Waals surface area contributed by atoms with Crippen LogP contribution in [0.5, 0.6) is 0 Å². The predicted molar refractivity (Wildman–Crippen MR) is 75.0 cm³/mol. The third-order valence-electron chi connectivity index (χ3n) is 3.85. The van der Waals surface area contributed by atoms with Crippen LogP contribution < -0.4 is 0 Å². The maximum atomic E-state index is 4.87. The van der Waals surface area contributed by atoms with Gasteiger partial charge >= 0.3 is 0 Å². The summed E-state index contributed by atoms with van der Waals surface area (Å²) in [6, 6.07) is 1.93. The summed E-state index contributed by atoms with van der Waals surface area (Å²) < 4.78 is 7.08. The largest absolute Gasteiger partial charge is 0.364 e. The maximum absolute atomic E-state index is 4.87. The molecule has 6 heteroatoms. The highest BCUT2D eigenvalue weighted by Gasteiger charge is 2.19. The molecule has 2 aromatic heterocycles. The number of piperazine rings is 1. The van der Waals surface area contributed by atoms with Crippen LogP contribution in [0.15, 0.2) is 29.2 Å². The summed E-state index contributed by atoms with van der Waals surface area (Å²) >= 11 is 0. The molecule has 1 saturated heterocycles. The second-order valence-electron chi connectivity index (χ2n) is 5.17. The smallest absolute Gasteiger partial charge is 0.124 e. The van der Waals surface area contributed by atoms with E-state index in [-0.39, 0.29) is 0 Å². The number of hydrogen-bond donors (Lipinski definition) is 0. The van der Waals surface area contributed by atoms with E-state index >= 15 is 0 Å². The van der Waals surface area contributed by atoms with Gasteiger partial charge in [0, 0.05) is 57.7 Å². The highest BCUT2D eigenvalue weighted by Crippen LogP contribution is 2.10. The van der Waals surface area contributed by atoms with Gasteiger partial charge in [0.25, 0.3) is 0 Å². The third-order valence-corrected chi connectivity index (χ3v) is 3.85. The number of rotatable bonds is 5. The van der Waals surface area contributed by atoms with Crippen molar-refractivity contribution in [3.63, 3.8) is 0 Å². The highest BCUT2D eigenvalue weighted by atomic mass is 16.5. The van der Waals surface area contributed by atoms with Crippen LogP contribution in [-0.2, 0) is 19.6 Å². The van der Waals surface area contributed by atoms with E-state index in [9.17, 15) is 0 Å². The first-order valence-electron chi connectivity index (χ1n) is 7.19. The Morgan fingerprint density at radius 3 is 2.55 bits per heavy atom. The van der Waals surface area contributed by atoms with Gasteiger partial charge in [-0.25, -0.2) is 4.98 Å². The number of nitrogens with zero attached hydrogens (tertiary/aromatic N) is 5. The lowest BCUT2D eigenvalue weighted by Crippen LogP contribution is -2.45. The van der Waals surface area contributed by atoms with E-state index < -0.39 is 0 Å². The van der Waals surface area contributed by atoms with Crippen LogP contribution in [-0.4, -0.2) is 50.7 Å². The zero-order chi connectivity index (χ0) is 13.8. The molecule has 0 N–H and O–H groups in total. The maximum Gasteiger partial charge on any atom is 0.124 e. The van der Waals surface area contributed by atoms with Crippen molar-refractivity contribution in [2.45, 2.75) is 26.6 Å². The minimum Gasteiger partial charge on any atom is -0.364 e. The number of aromatic nitrogens is 3. The normalized spacial score (nSPS) is 17.6.